The van der Waals surface area contributed by atoms with Crippen LogP contribution in [-0.4, -0.2) is 89.7 Å². The summed E-state index contributed by atoms with van der Waals surface area (Å²) in [6.07, 6.45) is 1.31. The van der Waals surface area contributed by atoms with Gasteiger partial charge in [-0.15, -0.1) is 0 Å². The van der Waals surface area contributed by atoms with E-state index in [0.717, 1.165) is 49.8 Å². The van der Waals surface area contributed by atoms with Gasteiger partial charge < -0.3 is 34.5 Å². The number of hydrogen-bond donors (Lipinski definition) is 2. The Morgan fingerprint density at radius 1 is 1.05 bits per heavy atom. The highest BCUT2D eigenvalue weighted by molar-refractivity contribution is 6.01. The molecule has 2 saturated heterocycles. The molecule has 6 rings (SSSR count). The number of anilines is 3. The van der Waals surface area contributed by atoms with Crippen molar-refractivity contribution >= 4 is 34.0 Å². The number of aromatic nitrogens is 3. The van der Waals surface area contributed by atoms with Crippen LogP contribution in [0.25, 0.3) is 10.9 Å². The number of piperazine rings is 1. The van der Waals surface area contributed by atoms with E-state index >= 15 is 4.39 Å². The highest BCUT2D eigenvalue weighted by atomic mass is 19.1. The first-order valence-corrected chi connectivity index (χ1v) is 14.0. The molecule has 0 spiro atoms. The molecule has 2 aromatic heterocycles. The molecular formula is C30H34FN7O3. The number of aryl methyl sites for hydroxylation is 1. The molecule has 2 aliphatic rings. The van der Waals surface area contributed by atoms with Gasteiger partial charge in [0.05, 0.1) is 13.2 Å². The first-order chi connectivity index (χ1) is 20.0. The molecule has 41 heavy (non-hydrogen) atoms. The number of carbonyl (C=O) groups is 1. The zero-order valence-corrected chi connectivity index (χ0v) is 23.3. The van der Waals surface area contributed by atoms with E-state index in [1.807, 2.05) is 19.1 Å². The number of rotatable bonds is 7. The van der Waals surface area contributed by atoms with Crippen LogP contribution in [0.15, 0.2) is 48.8 Å². The average Bonchev–Trinajstić information content (AvgIpc) is 3.40. The van der Waals surface area contributed by atoms with Crippen LogP contribution >= 0.6 is 0 Å². The second-order valence-electron chi connectivity index (χ2n) is 10.3. The molecule has 4 heterocycles. The second-order valence-corrected chi connectivity index (χ2v) is 10.3. The summed E-state index contributed by atoms with van der Waals surface area (Å²) in [5.74, 6) is -0.592. The van der Waals surface area contributed by atoms with E-state index in [9.17, 15) is 4.79 Å². The van der Waals surface area contributed by atoms with Crippen molar-refractivity contribution in [3.63, 3.8) is 0 Å². The van der Waals surface area contributed by atoms with Crippen LogP contribution in [0.2, 0.25) is 0 Å². The molecule has 10 nitrogen and oxygen atoms in total. The fraction of sp³-hybridized carbons (Fsp3) is 0.367. The van der Waals surface area contributed by atoms with E-state index in [-0.39, 0.29) is 28.9 Å². The van der Waals surface area contributed by atoms with Gasteiger partial charge in [-0.25, -0.2) is 14.4 Å². The van der Waals surface area contributed by atoms with E-state index in [4.69, 9.17) is 9.47 Å². The molecule has 0 unspecified atom stereocenters. The summed E-state index contributed by atoms with van der Waals surface area (Å²) in [5.41, 5.74) is 3.55. The van der Waals surface area contributed by atoms with E-state index < -0.39 is 5.82 Å². The molecule has 1 amide bonds. The topological polar surface area (TPSA) is 98.8 Å². The molecule has 0 saturated carbocycles. The number of aromatic amines is 1. The van der Waals surface area contributed by atoms with Crippen molar-refractivity contribution in [2.75, 3.05) is 69.2 Å². The molecule has 2 fully saturated rings. The third kappa shape index (κ3) is 5.68. The van der Waals surface area contributed by atoms with Crippen molar-refractivity contribution in [2.24, 2.45) is 0 Å². The third-order valence-electron chi connectivity index (χ3n) is 7.68. The summed E-state index contributed by atoms with van der Waals surface area (Å²) >= 11 is 0. The van der Waals surface area contributed by atoms with Gasteiger partial charge in [-0.3, -0.25) is 4.79 Å². The number of hydrogen-bond acceptors (Lipinski definition) is 8. The van der Waals surface area contributed by atoms with Crippen molar-refractivity contribution < 1.29 is 18.7 Å². The number of amides is 1. The van der Waals surface area contributed by atoms with E-state index in [1.165, 1.54) is 12.4 Å². The Balaban J connectivity index is 1.30. The van der Waals surface area contributed by atoms with Gasteiger partial charge in [-0.05, 0) is 55.9 Å². The number of carbonyl (C=O) groups excluding carboxylic acids is 1. The normalized spacial score (nSPS) is 16.3. The van der Waals surface area contributed by atoms with Gasteiger partial charge in [-0.2, -0.15) is 0 Å². The number of nitrogens with one attached hydrogen (secondary N) is 2. The maximum Gasteiger partial charge on any atom is 0.263 e. The molecular weight excluding hydrogens is 525 g/mol. The Morgan fingerprint density at radius 3 is 2.54 bits per heavy atom. The smallest absolute Gasteiger partial charge is 0.263 e. The molecule has 2 aliphatic heterocycles. The molecule has 2 N–H and O–H groups in total. The van der Waals surface area contributed by atoms with Crippen LogP contribution in [0, 0.1) is 12.7 Å². The fourth-order valence-corrected chi connectivity index (χ4v) is 5.34. The summed E-state index contributed by atoms with van der Waals surface area (Å²) in [5, 5.41) is 3.68. The Hall–Kier alpha value is -4.22. The Labute approximate surface area is 238 Å². The van der Waals surface area contributed by atoms with Crippen molar-refractivity contribution in [1.29, 1.82) is 0 Å². The monoisotopic (exact) mass is 559 g/mol. The first-order valence-electron chi connectivity index (χ1n) is 14.0. The summed E-state index contributed by atoms with van der Waals surface area (Å²) in [7, 11) is 0. The van der Waals surface area contributed by atoms with Gasteiger partial charge in [0.15, 0.2) is 17.4 Å². The first kappa shape index (κ1) is 27.0. The van der Waals surface area contributed by atoms with Gasteiger partial charge in [0.1, 0.15) is 11.9 Å². The average molecular weight is 560 g/mol. The highest BCUT2D eigenvalue weighted by Crippen LogP contribution is 2.34. The lowest BCUT2D eigenvalue weighted by molar-refractivity contribution is 0.0301. The number of H-pyrrole nitrogens is 1. The lowest BCUT2D eigenvalue weighted by Gasteiger charge is -2.35. The van der Waals surface area contributed by atoms with Crippen LogP contribution in [0.4, 0.5) is 21.6 Å². The Morgan fingerprint density at radius 2 is 1.80 bits per heavy atom. The predicted molar refractivity (Wildman–Crippen MR) is 156 cm³/mol. The summed E-state index contributed by atoms with van der Waals surface area (Å²) in [6.45, 7) is 10.9. The minimum Gasteiger partial charge on any atom is -0.435 e. The minimum absolute atomic E-state index is 0.0186. The standard InChI is InChI=1S/C30H34FN7O3/c1-3-36-10-12-37(13-11-36)22-6-4-21(5-7-22)35-28-26(30(39)38-14-16-40-17-15-38)29(33-19-32-28)41-25-9-8-24-23(27(25)31)18-20(2)34-24/h4-9,18-19,34H,3,10-17H2,1-2H3,(H,32,33,35). The number of ether oxygens (including phenoxy) is 2. The van der Waals surface area contributed by atoms with E-state index in [0.29, 0.717) is 37.2 Å². The summed E-state index contributed by atoms with van der Waals surface area (Å²) in [4.78, 5) is 32.1. The van der Waals surface area contributed by atoms with Crippen molar-refractivity contribution in [2.45, 2.75) is 13.8 Å². The van der Waals surface area contributed by atoms with Crippen molar-refractivity contribution in [3.8, 4) is 11.6 Å². The van der Waals surface area contributed by atoms with Gasteiger partial charge in [-0.1, -0.05) is 6.92 Å². The fourth-order valence-electron chi connectivity index (χ4n) is 5.34. The highest BCUT2D eigenvalue weighted by Gasteiger charge is 2.28. The molecule has 4 aromatic rings. The molecule has 2 aromatic carbocycles. The zero-order chi connectivity index (χ0) is 28.3. The molecule has 0 atom stereocenters. The SMILES string of the molecule is CCN1CCN(c2ccc(Nc3ncnc(Oc4ccc5[nH]c(C)cc5c4F)c3C(=O)N3CCOCC3)cc2)CC1. The number of likely N-dealkylation sites (N-methyl/N-ethyl adjacent to an activating group) is 1. The maximum absolute atomic E-state index is 15.4. The zero-order valence-electron chi connectivity index (χ0n) is 23.3. The van der Waals surface area contributed by atoms with Crippen LogP contribution in [-0.2, 0) is 4.74 Å². The Bertz CT molecular complexity index is 1530. The number of morpholine rings is 1. The molecule has 214 valence electrons. The largest absolute Gasteiger partial charge is 0.435 e. The number of halogens is 1. The van der Waals surface area contributed by atoms with Crippen LogP contribution in [0.5, 0.6) is 11.6 Å². The summed E-state index contributed by atoms with van der Waals surface area (Å²) < 4.78 is 26.8. The molecule has 0 radical (unpaired) electrons. The number of benzene rings is 2. The van der Waals surface area contributed by atoms with Gasteiger partial charge in [0.25, 0.3) is 5.91 Å². The number of fused-ring (bicyclic) bond motifs is 1. The van der Waals surface area contributed by atoms with Crippen LogP contribution in [0.3, 0.4) is 0 Å². The minimum atomic E-state index is -0.528. The van der Waals surface area contributed by atoms with Gasteiger partial charge in [0, 0.05) is 67.2 Å². The van der Waals surface area contributed by atoms with Gasteiger partial charge >= 0.3 is 0 Å². The van der Waals surface area contributed by atoms with E-state index in [2.05, 4.69) is 49.1 Å². The van der Waals surface area contributed by atoms with Crippen LogP contribution < -0.4 is 15.0 Å². The third-order valence-corrected chi connectivity index (χ3v) is 7.68. The van der Waals surface area contributed by atoms with Crippen molar-refractivity contribution in [1.82, 2.24) is 24.8 Å². The quantitative estimate of drug-likeness (QED) is 0.340. The van der Waals surface area contributed by atoms with Gasteiger partial charge in [0.2, 0.25) is 5.88 Å². The van der Waals surface area contributed by atoms with Crippen molar-refractivity contribution in [3.05, 3.63) is 65.9 Å². The Kier molecular flexibility index (Phi) is 7.71. The predicted octanol–water partition coefficient (Wildman–Crippen LogP) is 4.56. The number of nitrogens with zero attached hydrogens (tertiary/aromatic N) is 5. The van der Waals surface area contributed by atoms with E-state index in [1.54, 1.807) is 17.0 Å². The summed E-state index contributed by atoms with van der Waals surface area (Å²) in [6, 6.07) is 13.1. The van der Waals surface area contributed by atoms with Crippen LogP contribution in [0.1, 0.15) is 23.0 Å². The maximum atomic E-state index is 15.4. The second kappa shape index (κ2) is 11.7. The lowest BCUT2D eigenvalue weighted by Crippen LogP contribution is -2.46. The molecule has 0 aliphatic carbocycles. The molecule has 11 heteroatoms. The lowest BCUT2D eigenvalue weighted by atomic mass is 10.2. The molecule has 0 bridgehead atoms.